The highest BCUT2D eigenvalue weighted by Crippen LogP contribution is 2.19. The maximum absolute atomic E-state index is 12.6. The summed E-state index contributed by atoms with van der Waals surface area (Å²) in [7, 11) is 0. The minimum atomic E-state index is -0.530. The number of nitrogens with zero attached hydrogens (tertiary/aromatic N) is 2. The monoisotopic (exact) mass is 338 g/mol. The minimum absolute atomic E-state index is 0.0840. The van der Waals surface area contributed by atoms with Crippen molar-refractivity contribution in [3.63, 3.8) is 0 Å². The van der Waals surface area contributed by atoms with Gasteiger partial charge in [0.1, 0.15) is 0 Å². The first-order chi connectivity index (χ1) is 11.6. The van der Waals surface area contributed by atoms with Gasteiger partial charge in [0.05, 0.1) is 25.7 Å². The van der Waals surface area contributed by atoms with E-state index in [1.54, 1.807) is 0 Å². The first-order valence-corrected chi connectivity index (χ1v) is 8.37. The van der Waals surface area contributed by atoms with Crippen molar-refractivity contribution in [2.24, 2.45) is 5.92 Å². The van der Waals surface area contributed by atoms with Crippen molar-refractivity contribution in [1.29, 1.82) is 0 Å². The number of piperidine rings is 1. The first kappa shape index (κ1) is 18.4. The fraction of sp³-hybridized carbons (Fsp3) is 0.688. The van der Waals surface area contributed by atoms with E-state index in [1.165, 1.54) is 6.08 Å². The Hall–Kier alpha value is -1.93. The molecule has 2 N–H and O–H groups in total. The number of carbonyl (C=O) groups excluding carboxylic acids is 3. The average molecular weight is 338 g/mol. The largest absolute Gasteiger partial charge is 0.378 e. The number of nitrogens with one attached hydrogen (secondary N) is 2. The standard InChI is InChI=1S/C16H26N4O4/c1-2-5-17-16(23)18-14(21)12-19-6-3-4-13(11-19)15(22)20-7-9-24-10-8-20/h2,13H,1,3-12H2,(H2,17,18,21,23)/t13-/m1/s1. The molecule has 2 rings (SSSR count). The molecule has 2 heterocycles. The smallest absolute Gasteiger partial charge is 0.321 e. The minimum Gasteiger partial charge on any atom is -0.378 e. The Balaban J connectivity index is 1.77. The molecule has 1 atom stereocenters. The van der Waals surface area contributed by atoms with Crippen molar-refractivity contribution >= 4 is 17.8 Å². The second-order valence-corrected chi connectivity index (χ2v) is 6.06. The van der Waals surface area contributed by atoms with Crippen LogP contribution in [0.2, 0.25) is 0 Å². The van der Waals surface area contributed by atoms with Crippen LogP contribution in [-0.4, -0.2) is 80.1 Å². The molecule has 0 spiro atoms. The van der Waals surface area contributed by atoms with E-state index in [1.807, 2.05) is 9.80 Å². The van der Waals surface area contributed by atoms with Crippen molar-refractivity contribution in [3.05, 3.63) is 12.7 Å². The van der Waals surface area contributed by atoms with E-state index in [2.05, 4.69) is 17.2 Å². The molecule has 0 aromatic rings. The number of hydrogen-bond donors (Lipinski definition) is 2. The van der Waals surface area contributed by atoms with Gasteiger partial charge < -0.3 is 15.0 Å². The van der Waals surface area contributed by atoms with Gasteiger partial charge in [-0.3, -0.25) is 19.8 Å². The Bertz CT molecular complexity index is 477. The normalized spacial score (nSPS) is 21.8. The molecule has 8 nitrogen and oxygen atoms in total. The van der Waals surface area contributed by atoms with E-state index in [9.17, 15) is 14.4 Å². The van der Waals surface area contributed by atoms with Crippen LogP contribution in [0.1, 0.15) is 12.8 Å². The Labute approximate surface area is 142 Å². The van der Waals surface area contributed by atoms with Crippen LogP contribution in [0.15, 0.2) is 12.7 Å². The van der Waals surface area contributed by atoms with Crippen LogP contribution in [0, 0.1) is 5.92 Å². The van der Waals surface area contributed by atoms with Crippen LogP contribution in [0.4, 0.5) is 4.79 Å². The van der Waals surface area contributed by atoms with Crippen molar-refractivity contribution in [2.45, 2.75) is 12.8 Å². The molecule has 2 aliphatic heterocycles. The maximum atomic E-state index is 12.6. The summed E-state index contributed by atoms with van der Waals surface area (Å²) in [6.07, 6.45) is 3.25. The number of likely N-dealkylation sites (tertiary alicyclic amines) is 1. The lowest BCUT2D eigenvalue weighted by Crippen LogP contribution is -2.50. The molecule has 0 aromatic carbocycles. The molecule has 0 radical (unpaired) electrons. The van der Waals surface area contributed by atoms with Gasteiger partial charge in [0.2, 0.25) is 11.8 Å². The molecule has 2 aliphatic rings. The predicted octanol–water partition coefficient (Wildman–Crippen LogP) is -0.431. The Morgan fingerprint density at radius 3 is 2.67 bits per heavy atom. The lowest BCUT2D eigenvalue weighted by atomic mass is 9.96. The number of amides is 4. The molecule has 2 fully saturated rings. The number of rotatable bonds is 5. The predicted molar refractivity (Wildman–Crippen MR) is 88.3 cm³/mol. The summed E-state index contributed by atoms with van der Waals surface area (Å²) in [5, 5.41) is 4.77. The van der Waals surface area contributed by atoms with E-state index < -0.39 is 6.03 Å². The van der Waals surface area contributed by atoms with Gasteiger partial charge in [-0.2, -0.15) is 0 Å². The summed E-state index contributed by atoms with van der Waals surface area (Å²) >= 11 is 0. The third-order valence-electron chi connectivity index (χ3n) is 4.20. The van der Waals surface area contributed by atoms with Gasteiger partial charge in [-0.1, -0.05) is 6.08 Å². The zero-order chi connectivity index (χ0) is 17.4. The molecular formula is C16H26N4O4. The van der Waals surface area contributed by atoms with Gasteiger partial charge in [-0.05, 0) is 19.4 Å². The quantitative estimate of drug-likeness (QED) is 0.664. The van der Waals surface area contributed by atoms with Gasteiger partial charge in [0.15, 0.2) is 0 Å². The van der Waals surface area contributed by atoms with Crippen LogP contribution < -0.4 is 10.6 Å². The molecule has 0 aromatic heterocycles. The number of ether oxygens (including phenoxy) is 1. The number of morpholine rings is 1. The molecule has 0 bridgehead atoms. The molecule has 0 unspecified atom stereocenters. The van der Waals surface area contributed by atoms with Crippen LogP contribution >= 0.6 is 0 Å². The molecule has 0 saturated carbocycles. The fourth-order valence-corrected chi connectivity index (χ4v) is 3.02. The summed E-state index contributed by atoms with van der Waals surface area (Å²) in [6, 6.07) is -0.530. The molecule has 4 amide bonds. The second kappa shape index (κ2) is 9.39. The van der Waals surface area contributed by atoms with E-state index in [0.29, 0.717) is 39.4 Å². The number of urea groups is 1. The average Bonchev–Trinajstić information content (AvgIpc) is 2.60. The van der Waals surface area contributed by atoms with Crippen LogP contribution in [-0.2, 0) is 14.3 Å². The van der Waals surface area contributed by atoms with Crippen molar-refractivity contribution < 1.29 is 19.1 Å². The lowest BCUT2D eigenvalue weighted by Gasteiger charge is -2.35. The van der Waals surface area contributed by atoms with Crippen LogP contribution in [0.3, 0.4) is 0 Å². The summed E-state index contributed by atoms with van der Waals surface area (Å²) in [5.41, 5.74) is 0. The summed E-state index contributed by atoms with van der Waals surface area (Å²) in [5.74, 6) is -0.303. The van der Waals surface area contributed by atoms with Gasteiger partial charge in [-0.15, -0.1) is 6.58 Å². The maximum Gasteiger partial charge on any atom is 0.321 e. The Morgan fingerprint density at radius 1 is 1.21 bits per heavy atom. The topological polar surface area (TPSA) is 91.0 Å². The number of imide groups is 1. The highest BCUT2D eigenvalue weighted by atomic mass is 16.5. The summed E-state index contributed by atoms with van der Waals surface area (Å²) in [4.78, 5) is 39.7. The van der Waals surface area contributed by atoms with E-state index in [-0.39, 0.29) is 24.3 Å². The highest BCUT2D eigenvalue weighted by molar-refractivity contribution is 5.95. The van der Waals surface area contributed by atoms with Gasteiger partial charge in [-0.25, -0.2) is 4.79 Å². The number of hydrogen-bond acceptors (Lipinski definition) is 5. The molecule has 8 heteroatoms. The molecular weight excluding hydrogens is 312 g/mol. The van der Waals surface area contributed by atoms with E-state index in [0.717, 1.165) is 19.4 Å². The third kappa shape index (κ3) is 5.61. The highest BCUT2D eigenvalue weighted by Gasteiger charge is 2.30. The molecule has 24 heavy (non-hydrogen) atoms. The van der Waals surface area contributed by atoms with Gasteiger partial charge >= 0.3 is 6.03 Å². The summed E-state index contributed by atoms with van der Waals surface area (Å²) < 4.78 is 5.27. The molecule has 0 aliphatic carbocycles. The van der Waals surface area contributed by atoms with Crippen LogP contribution in [0.25, 0.3) is 0 Å². The number of carbonyl (C=O) groups is 3. The van der Waals surface area contributed by atoms with Crippen molar-refractivity contribution in [3.8, 4) is 0 Å². The van der Waals surface area contributed by atoms with E-state index in [4.69, 9.17) is 4.74 Å². The Kier molecular flexibility index (Phi) is 7.20. The SMILES string of the molecule is C=CCNC(=O)NC(=O)CN1CCC[C@@H](C(=O)N2CCOCC2)C1. The fourth-order valence-electron chi connectivity index (χ4n) is 3.02. The lowest BCUT2D eigenvalue weighted by molar-refractivity contribution is -0.142. The third-order valence-corrected chi connectivity index (χ3v) is 4.20. The van der Waals surface area contributed by atoms with Crippen molar-refractivity contribution in [2.75, 3.05) is 52.5 Å². The first-order valence-electron chi connectivity index (χ1n) is 8.37. The zero-order valence-corrected chi connectivity index (χ0v) is 14.0. The van der Waals surface area contributed by atoms with Crippen LogP contribution in [0.5, 0.6) is 0 Å². The molecule has 2 saturated heterocycles. The summed E-state index contributed by atoms with van der Waals surface area (Å²) in [6.45, 7) is 7.68. The molecule has 134 valence electrons. The second-order valence-electron chi connectivity index (χ2n) is 6.06. The van der Waals surface area contributed by atoms with Gasteiger partial charge in [0, 0.05) is 26.2 Å². The zero-order valence-electron chi connectivity index (χ0n) is 14.0. The van der Waals surface area contributed by atoms with Crippen molar-refractivity contribution in [1.82, 2.24) is 20.4 Å². The van der Waals surface area contributed by atoms with Gasteiger partial charge in [0.25, 0.3) is 0 Å². The van der Waals surface area contributed by atoms with E-state index >= 15 is 0 Å². The Morgan fingerprint density at radius 2 is 1.96 bits per heavy atom.